The summed E-state index contributed by atoms with van der Waals surface area (Å²) in [6.45, 7) is 2.09. The van der Waals surface area contributed by atoms with Crippen LogP contribution in [0.4, 0.5) is 0 Å². The molecule has 0 radical (unpaired) electrons. The highest BCUT2D eigenvalue weighted by Crippen LogP contribution is 2.41. The van der Waals surface area contributed by atoms with Crippen LogP contribution in [0.2, 0.25) is 0 Å². The standard InChI is InChI=1S/C18H21NOS/c1-13-2-5-15(6-3-13)18(16-7-8-16)19-17(20)9-4-14-10-11-21-12-14/h2-3,5-6,10-12,16,18H,4,7-9H2,1H3,(H,19,20)/t18-/m1/s1. The number of amides is 1. The van der Waals surface area contributed by atoms with Gasteiger partial charge >= 0.3 is 0 Å². The number of aryl methyl sites for hydroxylation is 2. The Labute approximate surface area is 130 Å². The number of benzene rings is 1. The number of hydrogen-bond donors (Lipinski definition) is 1. The molecule has 2 aromatic rings. The molecule has 0 spiro atoms. The molecule has 1 aromatic heterocycles. The van der Waals surface area contributed by atoms with Gasteiger partial charge in [0.15, 0.2) is 0 Å². The summed E-state index contributed by atoms with van der Waals surface area (Å²) in [5, 5.41) is 7.42. The van der Waals surface area contributed by atoms with Crippen molar-refractivity contribution in [2.45, 2.75) is 38.6 Å². The Morgan fingerprint density at radius 3 is 2.67 bits per heavy atom. The van der Waals surface area contributed by atoms with Crippen LogP contribution in [0.15, 0.2) is 41.1 Å². The molecule has 3 heteroatoms. The van der Waals surface area contributed by atoms with Crippen LogP contribution in [0.25, 0.3) is 0 Å². The second kappa shape index (κ2) is 6.44. The van der Waals surface area contributed by atoms with E-state index in [0.29, 0.717) is 12.3 Å². The Balaban J connectivity index is 1.59. The smallest absolute Gasteiger partial charge is 0.220 e. The second-order valence-electron chi connectivity index (χ2n) is 5.92. The quantitative estimate of drug-likeness (QED) is 0.848. The molecule has 0 bridgehead atoms. The van der Waals surface area contributed by atoms with Gasteiger partial charge in [-0.3, -0.25) is 4.79 Å². The van der Waals surface area contributed by atoms with Crippen molar-refractivity contribution >= 4 is 17.2 Å². The van der Waals surface area contributed by atoms with E-state index in [1.54, 1.807) is 11.3 Å². The maximum absolute atomic E-state index is 12.2. The van der Waals surface area contributed by atoms with Crippen LogP contribution in [0.3, 0.4) is 0 Å². The van der Waals surface area contributed by atoms with Crippen molar-refractivity contribution in [3.05, 3.63) is 57.8 Å². The lowest BCUT2D eigenvalue weighted by molar-refractivity contribution is -0.122. The molecule has 0 unspecified atom stereocenters. The van der Waals surface area contributed by atoms with Crippen molar-refractivity contribution in [2.75, 3.05) is 0 Å². The molecule has 0 saturated heterocycles. The summed E-state index contributed by atoms with van der Waals surface area (Å²) in [7, 11) is 0. The maximum atomic E-state index is 12.2. The van der Waals surface area contributed by atoms with E-state index in [-0.39, 0.29) is 11.9 Å². The minimum Gasteiger partial charge on any atom is -0.349 e. The van der Waals surface area contributed by atoms with Gasteiger partial charge in [-0.15, -0.1) is 0 Å². The molecule has 1 saturated carbocycles. The molecular weight excluding hydrogens is 278 g/mol. The molecule has 1 atom stereocenters. The van der Waals surface area contributed by atoms with E-state index in [1.165, 1.54) is 29.5 Å². The van der Waals surface area contributed by atoms with Crippen LogP contribution >= 0.6 is 11.3 Å². The van der Waals surface area contributed by atoms with E-state index in [0.717, 1.165) is 6.42 Å². The Kier molecular flexibility index (Phi) is 4.39. The van der Waals surface area contributed by atoms with Crippen molar-refractivity contribution in [1.82, 2.24) is 5.32 Å². The van der Waals surface area contributed by atoms with Gasteiger partial charge in [-0.05, 0) is 60.1 Å². The van der Waals surface area contributed by atoms with Gasteiger partial charge in [0, 0.05) is 6.42 Å². The van der Waals surface area contributed by atoms with Crippen LogP contribution < -0.4 is 5.32 Å². The zero-order valence-electron chi connectivity index (χ0n) is 12.3. The molecule has 1 aliphatic rings. The number of carbonyl (C=O) groups excluding carboxylic acids is 1. The summed E-state index contributed by atoms with van der Waals surface area (Å²) in [6.07, 6.45) is 3.86. The number of hydrogen-bond acceptors (Lipinski definition) is 2. The SMILES string of the molecule is Cc1ccc([C@@H](NC(=O)CCc2ccsc2)C2CC2)cc1. The monoisotopic (exact) mass is 299 g/mol. The highest BCUT2D eigenvalue weighted by atomic mass is 32.1. The summed E-state index contributed by atoms with van der Waals surface area (Å²) in [4.78, 5) is 12.2. The summed E-state index contributed by atoms with van der Waals surface area (Å²) < 4.78 is 0. The zero-order valence-corrected chi connectivity index (χ0v) is 13.2. The van der Waals surface area contributed by atoms with Gasteiger partial charge < -0.3 is 5.32 Å². The summed E-state index contributed by atoms with van der Waals surface area (Å²) in [6, 6.07) is 10.8. The molecule has 1 aliphatic carbocycles. The minimum atomic E-state index is 0.165. The Morgan fingerprint density at radius 2 is 2.05 bits per heavy atom. The zero-order chi connectivity index (χ0) is 14.7. The molecule has 2 nitrogen and oxygen atoms in total. The normalized spacial score (nSPS) is 15.7. The predicted molar refractivity (Wildman–Crippen MR) is 87.4 cm³/mol. The lowest BCUT2D eigenvalue weighted by Crippen LogP contribution is -2.30. The molecule has 1 fully saturated rings. The molecule has 21 heavy (non-hydrogen) atoms. The molecule has 1 N–H and O–H groups in total. The van der Waals surface area contributed by atoms with Crippen LogP contribution in [-0.4, -0.2) is 5.91 Å². The molecule has 1 aromatic carbocycles. The van der Waals surface area contributed by atoms with E-state index in [2.05, 4.69) is 53.3 Å². The Bertz CT molecular complexity index is 584. The Hall–Kier alpha value is -1.61. The van der Waals surface area contributed by atoms with Gasteiger partial charge in [-0.2, -0.15) is 11.3 Å². The number of thiophene rings is 1. The molecule has 110 valence electrons. The fraction of sp³-hybridized carbons (Fsp3) is 0.389. The maximum Gasteiger partial charge on any atom is 0.220 e. The first-order chi connectivity index (χ1) is 10.2. The topological polar surface area (TPSA) is 29.1 Å². The highest BCUT2D eigenvalue weighted by Gasteiger charge is 2.33. The van der Waals surface area contributed by atoms with Gasteiger partial charge in [0.05, 0.1) is 6.04 Å². The number of rotatable bonds is 6. The third-order valence-electron chi connectivity index (χ3n) is 4.07. The van der Waals surface area contributed by atoms with Crippen molar-refractivity contribution in [2.24, 2.45) is 5.92 Å². The lowest BCUT2D eigenvalue weighted by Gasteiger charge is -2.19. The van der Waals surface area contributed by atoms with Crippen molar-refractivity contribution in [1.29, 1.82) is 0 Å². The first kappa shape index (κ1) is 14.3. The van der Waals surface area contributed by atoms with Crippen molar-refractivity contribution in [3.63, 3.8) is 0 Å². The van der Waals surface area contributed by atoms with Gasteiger partial charge in [-0.25, -0.2) is 0 Å². The molecular formula is C18H21NOS. The number of nitrogens with one attached hydrogen (secondary N) is 1. The van der Waals surface area contributed by atoms with E-state index in [4.69, 9.17) is 0 Å². The van der Waals surface area contributed by atoms with Crippen molar-refractivity contribution in [3.8, 4) is 0 Å². The summed E-state index contributed by atoms with van der Waals surface area (Å²) in [5.74, 6) is 0.788. The minimum absolute atomic E-state index is 0.165. The van der Waals surface area contributed by atoms with Crippen LogP contribution in [0, 0.1) is 12.8 Å². The number of carbonyl (C=O) groups is 1. The Morgan fingerprint density at radius 1 is 1.29 bits per heavy atom. The van der Waals surface area contributed by atoms with Gasteiger partial charge in [0.25, 0.3) is 0 Å². The fourth-order valence-corrected chi connectivity index (χ4v) is 3.32. The second-order valence-corrected chi connectivity index (χ2v) is 6.70. The molecule has 1 amide bonds. The van der Waals surface area contributed by atoms with Crippen LogP contribution in [0.5, 0.6) is 0 Å². The van der Waals surface area contributed by atoms with Crippen LogP contribution in [-0.2, 0) is 11.2 Å². The summed E-state index contributed by atoms with van der Waals surface area (Å²) in [5.41, 5.74) is 3.76. The molecule has 0 aliphatic heterocycles. The van der Waals surface area contributed by atoms with E-state index in [9.17, 15) is 4.79 Å². The third-order valence-corrected chi connectivity index (χ3v) is 4.80. The van der Waals surface area contributed by atoms with E-state index < -0.39 is 0 Å². The highest BCUT2D eigenvalue weighted by molar-refractivity contribution is 7.07. The largest absolute Gasteiger partial charge is 0.349 e. The molecule has 1 heterocycles. The fourth-order valence-electron chi connectivity index (χ4n) is 2.62. The lowest BCUT2D eigenvalue weighted by atomic mass is 10.0. The first-order valence-electron chi connectivity index (χ1n) is 7.59. The van der Waals surface area contributed by atoms with Gasteiger partial charge in [-0.1, -0.05) is 29.8 Å². The average molecular weight is 299 g/mol. The van der Waals surface area contributed by atoms with Gasteiger partial charge in [0.1, 0.15) is 0 Å². The van der Waals surface area contributed by atoms with Crippen LogP contribution in [0.1, 0.15) is 42.0 Å². The van der Waals surface area contributed by atoms with Crippen molar-refractivity contribution < 1.29 is 4.79 Å². The molecule has 3 rings (SSSR count). The third kappa shape index (κ3) is 3.94. The predicted octanol–water partition coefficient (Wildman–Crippen LogP) is 4.26. The van der Waals surface area contributed by atoms with E-state index in [1.807, 2.05) is 0 Å². The first-order valence-corrected chi connectivity index (χ1v) is 8.53. The summed E-state index contributed by atoms with van der Waals surface area (Å²) >= 11 is 1.69. The van der Waals surface area contributed by atoms with Gasteiger partial charge in [0.2, 0.25) is 5.91 Å². The van der Waals surface area contributed by atoms with E-state index >= 15 is 0 Å². The average Bonchev–Trinajstić information content (AvgIpc) is 3.19.